The molecule has 0 spiro atoms. The fourth-order valence-electron chi connectivity index (χ4n) is 0.818. The van der Waals surface area contributed by atoms with Crippen molar-refractivity contribution in [2.45, 2.75) is 6.92 Å². The quantitative estimate of drug-likeness (QED) is 0.634. The lowest BCUT2D eigenvalue weighted by Crippen LogP contribution is -2.19. The van der Waals surface area contributed by atoms with Gasteiger partial charge in [-0.25, -0.2) is 4.98 Å². The zero-order valence-corrected chi connectivity index (χ0v) is 10.3. The summed E-state index contributed by atoms with van der Waals surface area (Å²) in [7, 11) is 0. The average molecular weight is 288 g/mol. The molecule has 1 aromatic heterocycles. The van der Waals surface area contributed by atoms with Crippen LogP contribution in [0.25, 0.3) is 0 Å². The lowest BCUT2D eigenvalue weighted by atomic mass is 10.3. The molecule has 1 heterocycles. The molecule has 3 nitrogen and oxygen atoms in total. The number of nitrogens with one attached hydrogen (secondary N) is 1. The molecule has 1 rings (SSSR count). The Kier molecular flexibility index (Phi) is 4.60. The Balaban J connectivity index is 2.71. The Bertz CT molecular complexity index is 437. The molecule has 0 aliphatic rings. The molecule has 0 aliphatic heterocycles. The maximum atomic E-state index is 10.6. The predicted octanol–water partition coefficient (Wildman–Crippen LogP) is 1.99. The summed E-state index contributed by atoms with van der Waals surface area (Å²) in [6.45, 7) is 1.74. The van der Waals surface area contributed by atoms with E-state index in [2.05, 4.69) is 38.1 Å². The zero-order valence-electron chi connectivity index (χ0n) is 7.97. The molecule has 0 aliphatic carbocycles. The van der Waals surface area contributed by atoms with Gasteiger partial charge in [-0.15, -0.1) is 0 Å². The standard InChI is InChI=1S/C10H8BrClN2O/c1-7(15)13-4-2-3-8-5-9(11)6-14-10(8)12/h5-6H,4H2,1H3,(H,13,15). The lowest BCUT2D eigenvalue weighted by Gasteiger charge is -1.95. The topological polar surface area (TPSA) is 42.0 Å². The molecule has 0 bridgehead atoms. The smallest absolute Gasteiger partial charge is 0.217 e. The second-order valence-electron chi connectivity index (χ2n) is 2.70. The number of aromatic nitrogens is 1. The van der Waals surface area contributed by atoms with Gasteiger partial charge in [-0.1, -0.05) is 23.4 Å². The van der Waals surface area contributed by atoms with Crippen LogP contribution in [-0.4, -0.2) is 17.4 Å². The number of nitrogens with zero attached hydrogens (tertiary/aromatic N) is 1. The molecule has 0 fully saturated rings. The van der Waals surface area contributed by atoms with Gasteiger partial charge < -0.3 is 5.32 Å². The van der Waals surface area contributed by atoms with Gasteiger partial charge in [0.2, 0.25) is 5.91 Å². The van der Waals surface area contributed by atoms with Crippen LogP contribution in [0.2, 0.25) is 5.15 Å². The molecule has 5 heteroatoms. The predicted molar refractivity (Wildman–Crippen MR) is 62.5 cm³/mol. The van der Waals surface area contributed by atoms with E-state index in [0.29, 0.717) is 17.3 Å². The fourth-order valence-corrected chi connectivity index (χ4v) is 1.30. The number of amides is 1. The number of pyridine rings is 1. The normalized spacial score (nSPS) is 9.00. The maximum absolute atomic E-state index is 10.6. The number of carbonyl (C=O) groups is 1. The van der Waals surface area contributed by atoms with Crippen molar-refractivity contribution in [1.82, 2.24) is 10.3 Å². The first kappa shape index (κ1) is 12.0. The Morgan fingerprint density at radius 2 is 2.47 bits per heavy atom. The van der Waals surface area contributed by atoms with Crippen LogP contribution < -0.4 is 5.32 Å². The van der Waals surface area contributed by atoms with E-state index in [-0.39, 0.29) is 5.91 Å². The summed E-state index contributed by atoms with van der Waals surface area (Å²) < 4.78 is 0.815. The second kappa shape index (κ2) is 5.74. The van der Waals surface area contributed by atoms with Gasteiger partial charge in [-0.2, -0.15) is 0 Å². The molecule has 0 aromatic carbocycles. The van der Waals surface area contributed by atoms with Crippen LogP contribution in [0.5, 0.6) is 0 Å². The second-order valence-corrected chi connectivity index (χ2v) is 3.98. The minimum absolute atomic E-state index is 0.109. The van der Waals surface area contributed by atoms with E-state index in [1.807, 2.05) is 0 Å². The molecule has 78 valence electrons. The first-order valence-corrected chi connectivity index (χ1v) is 5.31. The summed E-state index contributed by atoms with van der Waals surface area (Å²) in [5.41, 5.74) is 0.636. The Hall–Kier alpha value is -1.05. The van der Waals surface area contributed by atoms with Gasteiger partial charge in [0.15, 0.2) is 0 Å². The highest BCUT2D eigenvalue weighted by atomic mass is 79.9. The highest BCUT2D eigenvalue weighted by molar-refractivity contribution is 9.10. The number of halogens is 2. The Labute approximate surface area is 101 Å². The minimum atomic E-state index is -0.109. The molecule has 1 aromatic rings. The molecule has 0 saturated carbocycles. The van der Waals surface area contributed by atoms with E-state index in [0.717, 1.165) is 4.47 Å². The molecule has 1 amide bonds. The summed E-state index contributed by atoms with van der Waals surface area (Å²) in [5, 5.41) is 2.92. The molecule has 1 N–H and O–H groups in total. The minimum Gasteiger partial charge on any atom is -0.345 e. The largest absolute Gasteiger partial charge is 0.345 e. The Morgan fingerprint density at radius 3 is 3.13 bits per heavy atom. The van der Waals surface area contributed by atoms with Crippen LogP contribution in [0, 0.1) is 11.8 Å². The number of hydrogen-bond acceptors (Lipinski definition) is 2. The summed E-state index contributed by atoms with van der Waals surface area (Å²) in [6, 6.07) is 1.77. The van der Waals surface area contributed by atoms with Crippen molar-refractivity contribution in [3.05, 3.63) is 27.5 Å². The van der Waals surface area contributed by atoms with Crippen molar-refractivity contribution in [1.29, 1.82) is 0 Å². The van der Waals surface area contributed by atoms with Gasteiger partial charge in [0.25, 0.3) is 0 Å². The number of hydrogen-bond donors (Lipinski definition) is 1. The van der Waals surface area contributed by atoms with E-state index >= 15 is 0 Å². The molecule has 0 radical (unpaired) electrons. The van der Waals surface area contributed by atoms with Crippen LogP contribution in [0.3, 0.4) is 0 Å². The van der Waals surface area contributed by atoms with Crippen LogP contribution >= 0.6 is 27.5 Å². The van der Waals surface area contributed by atoms with Crippen LogP contribution in [0.1, 0.15) is 12.5 Å². The van der Waals surface area contributed by atoms with Gasteiger partial charge in [0, 0.05) is 17.6 Å². The van der Waals surface area contributed by atoms with Crippen molar-refractivity contribution in [3.8, 4) is 11.8 Å². The molecule has 0 atom stereocenters. The van der Waals surface area contributed by atoms with Crippen molar-refractivity contribution in [2.75, 3.05) is 6.54 Å². The monoisotopic (exact) mass is 286 g/mol. The molecular formula is C10H8BrClN2O. The third kappa shape index (κ3) is 4.32. The highest BCUT2D eigenvalue weighted by Crippen LogP contribution is 2.16. The summed E-state index contributed by atoms with van der Waals surface area (Å²) in [4.78, 5) is 14.5. The van der Waals surface area contributed by atoms with Gasteiger partial charge >= 0.3 is 0 Å². The first-order chi connectivity index (χ1) is 7.09. The van der Waals surface area contributed by atoms with Crippen molar-refractivity contribution in [3.63, 3.8) is 0 Å². The average Bonchev–Trinajstić information content (AvgIpc) is 2.17. The van der Waals surface area contributed by atoms with Gasteiger partial charge in [-0.3, -0.25) is 4.79 Å². The summed E-state index contributed by atoms with van der Waals surface area (Å²) >= 11 is 9.09. The van der Waals surface area contributed by atoms with Crippen molar-refractivity contribution < 1.29 is 4.79 Å². The summed E-state index contributed by atoms with van der Waals surface area (Å²) in [5.74, 6) is 5.49. The molecular weight excluding hydrogens is 279 g/mol. The van der Waals surface area contributed by atoms with E-state index in [1.54, 1.807) is 12.3 Å². The highest BCUT2D eigenvalue weighted by Gasteiger charge is 1.98. The summed E-state index contributed by atoms with van der Waals surface area (Å²) in [6.07, 6.45) is 1.60. The van der Waals surface area contributed by atoms with Crippen LogP contribution in [0.4, 0.5) is 0 Å². The van der Waals surface area contributed by atoms with E-state index in [1.165, 1.54) is 6.92 Å². The SMILES string of the molecule is CC(=O)NCC#Cc1cc(Br)cnc1Cl. The van der Waals surface area contributed by atoms with Gasteiger partial charge in [0.05, 0.1) is 12.1 Å². The van der Waals surface area contributed by atoms with E-state index in [4.69, 9.17) is 11.6 Å². The molecule has 15 heavy (non-hydrogen) atoms. The third-order valence-corrected chi connectivity index (χ3v) is 2.19. The Morgan fingerprint density at radius 1 is 1.73 bits per heavy atom. The van der Waals surface area contributed by atoms with Gasteiger partial charge in [0.1, 0.15) is 5.15 Å². The molecule has 0 unspecified atom stereocenters. The zero-order chi connectivity index (χ0) is 11.3. The maximum Gasteiger partial charge on any atom is 0.217 e. The van der Waals surface area contributed by atoms with Crippen LogP contribution in [-0.2, 0) is 4.79 Å². The fraction of sp³-hybridized carbons (Fsp3) is 0.200. The van der Waals surface area contributed by atoms with Gasteiger partial charge in [-0.05, 0) is 22.0 Å². The van der Waals surface area contributed by atoms with E-state index in [9.17, 15) is 4.79 Å². The number of carbonyl (C=O) groups excluding carboxylic acids is 1. The van der Waals surface area contributed by atoms with Crippen molar-refractivity contribution >= 4 is 33.4 Å². The third-order valence-electron chi connectivity index (χ3n) is 1.45. The first-order valence-electron chi connectivity index (χ1n) is 4.14. The van der Waals surface area contributed by atoms with Crippen molar-refractivity contribution in [2.24, 2.45) is 0 Å². The number of rotatable bonds is 1. The molecule has 0 saturated heterocycles. The lowest BCUT2D eigenvalue weighted by molar-refractivity contribution is -0.118. The van der Waals surface area contributed by atoms with Crippen LogP contribution in [0.15, 0.2) is 16.7 Å². The van der Waals surface area contributed by atoms with E-state index < -0.39 is 0 Å².